The van der Waals surface area contributed by atoms with Crippen molar-refractivity contribution < 1.29 is 31.4 Å². The molecule has 0 aromatic rings. The van der Waals surface area contributed by atoms with Crippen LogP contribution in [0.4, 0.5) is 17.6 Å². The third-order valence-electron chi connectivity index (χ3n) is 2.28. The topological polar surface area (TPSA) is 60.4 Å². The Labute approximate surface area is 99.5 Å². The van der Waals surface area contributed by atoms with Gasteiger partial charge in [-0.3, -0.25) is 4.21 Å². The summed E-state index contributed by atoms with van der Waals surface area (Å²) < 4.78 is 70.8. The molecule has 0 fully saturated rings. The van der Waals surface area contributed by atoms with E-state index in [1.165, 1.54) is 0 Å². The van der Waals surface area contributed by atoms with Gasteiger partial charge in [-0.15, -0.1) is 0 Å². The minimum absolute atomic E-state index is 0.00337. The minimum atomic E-state index is -5.02. The van der Waals surface area contributed by atoms with E-state index in [1.54, 1.807) is 0 Å². The smallest absolute Gasteiger partial charge is 0.371 e. The van der Waals surface area contributed by atoms with Crippen LogP contribution in [0.25, 0.3) is 0 Å². The number of aliphatic hydroxyl groups is 1. The van der Waals surface area contributed by atoms with Crippen molar-refractivity contribution >= 4 is 11.1 Å². The molecule has 8 heteroatoms. The third kappa shape index (κ3) is 5.31. The fourth-order valence-corrected chi connectivity index (χ4v) is 1.60. The summed E-state index contributed by atoms with van der Waals surface area (Å²) in [5, 5.41) is 3.42. The van der Waals surface area contributed by atoms with Crippen molar-refractivity contribution in [3.05, 3.63) is 0 Å². The van der Waals surface area contributed by atoms with Crippen LogP contribution in [-0.2, 0) is 11.1 Å². The van der Waals surface area contributed by atoms with Gasteiger partial charge in [0.15, 0.2) is 0 Å². The summed E-state index contributed by atoms with van der Waals surface area (Å²) in [6, 6.07) is 0. The Morgan fingerprint density at radius 3 is 1.94 bits per heavy atom. The maximum absolute atomic E-state index is 12.8. The molecule has 0 rings (SSSR count). The quantitative estimate of drug-likeness (QED) is 0.400. The first-order valence-electron chi connectivity index (χ1n) is 5.21. The summed E-state index contributed by atoms with van der Waals surface area (Å²) in [5.41, 5.74) is 0. The van der Waals surface area contributed by atoms with Crippen LogP contribution in [0.1, 0.15) is 38.5 Å². The third-order valence-corrected chi connectivity index (χ3v) is 3.00. The molecule has 17 heavy (non-hydrogen) atoms. The van der Waals surface area contributed by atoms with Crippen molar-refractivity contribution in [1.82, 2.24) is 0 Å². The largest absolute Gasteiger partial charge is 0.768 e. The highest BCUT2D eigenvalue weighted by Crippen LogP contribution is 2.40. The lowest BCUT2D eigenvalue weighted by atomic mass is 10.1. The summed E-state index contributed by atoms with van der Waals surface area (Å²) in [5.74, 6) is -4.53. The molecule has 104 valence electrons. The Kier molecular flexibility index (Phi) is 7.18. The van der Waals surface area contributed by atoms with E-state index in [0.717, 1.165) is 0 Å². The number of hydrogen-bond donors (Lipinski definition) is 1. The van der Waals surface area contributed by atoms with Crippen LogP contribution in [0, 0.1) is 0 Å². The number of unbranched alkanes of at least 4 members (excludes halogenated alkanes) is 4. The van der Waals surface area contributed by atoms with Gasteiger partial charge >= 0.3 is 11.2 Å². The predicted molar refractivity (Wildman–Crippen MR) is 53.6 cm³/mol. The van der Waals surface area contributed by atoms with Gasteiger partial charge in [-0.2, -0.15) is 17.6 Å². The highest BCUT2D eigenvalue weighted by atomic mass is 32.2. The highest BCUT2D eigenvalue weighted by Gasteiger charge is 2.56. The van der Waals surface area contributed by atoms with Gasteiger partial charge in [0.05, 0.1) is 0 Å². The molecule has 0 spiro atoms. The number of halogens is 4. The van der Waals surface area contributed by atoms with Crippen molar-refractivity contribution in [1.29, 1.82) is 0 Å². The molecule has 0 amide bonds. The van der Waals surface area contributed by atoms with Crippen LogP contribution >= 0.6 is 0 Å². The molecule has 1 N–H and O–H groups in total. The van der Waals surface area contributed by atoms with Crippen LogP contribution < -0.4 is 0 Å². The zero-order valence-electron chi connectivity index (χ0n) is 9.13. The van der Waals surface area contributed by atoms with Gasteiger partial charge < -0.3 is 9.66 Å². The lowest BCUT2D eigenvalue weighted by molar-refractivity contribution is -0.162. The fourth-order valence-electron chi connectivity index (χ4n) is 1.26. The Morgan fingerprint density at radius 2 is 1.47 bits per heavy atom. The SMILES string of the molecule is O=S([O-])C(F)(F)C(F)(F)CCCCCCCO. The van der Waals surface area contributed by atoms with E-state index in [4.69, 9.17) is 5.11 Å². The molecule has 1 atom stereocenters. The molecule has 0 aromatic heterocycles. The maximum Gasteiger partial charge on any atom is 0.371 e. The van der Waals surface area contributed by atoms with Gasteiger partial charge in [-0.1, -0.05) is 19.3 Å². The average molecular weight is 279 g/mol. The fraction of sp³-hybridized carbons (Fsp3) is 1.00. The Bertz CT molecular complexity index is 248. The summed E-state index contributed by atoms with van der Waals surface area (Å²) in [7, 11) is 0. The second-order valence-electron chi connectivity index (χ2n) is 3.70. The predicted octanol–water partition coefficient (Wildman–Crippen LogP) is 2.43. The van der Waals surface area contributed by atoms with Crippen LogP contribution in [0.3, 0.4) is 0 Å². The number of hydrogen-bond acceptors (Lipinski definition) is 3. The number of rotatable bonds is 9. The Balaban J connectivity index is 3.98. The van der Waals surface area contributed by atoms with E-state index in [9.17, 15) is 26.3 Å². The van der Waals surface area contributed by atoms with E-state index in [2.05, 4.69) is 0 Å². The van der Waals surface area contributed by atoms with E-state index >= 15 is 0 Å². The Morgan fingerprint density at radius 1 is 1.00 bits per heavy atom. The van der Waals surface area contributed by atoms with Gasteiger partial charge in [0, 0.05) is 24.1 Å². The van der Waals surface area contributed by atoms with Crippen LogP contribution in [-0.4, -0.2) is 31.7 Å². The lowest BCUT2D eigenvalue weighted by Crippen LogP contribution is -2.43. The molecule has 0 aliphatic heterocycles. The van der Waals surface area contributed by atoms with Crippen molar-refractivity contribution in [2.24, 2.45) is 0 Å². The first-order chi connectivity index (χ1) is 7.75. The van der Waals surface area contributed by atoms with Gasteiger partial charge in [-0.25, -0.2) is 0 Å². The standard InChI is InChI=1S/C9H16F4O3S/c10-8(11,9(12,13)17(15)16)6-4-2-1-3-5-7-14/h14H,1-7H2,(H,15,16)/p-1. The van der Waals surface area contributed by atoms with Gasteiger partial charge in [0.1, 0.15) is 0 Å². The van der Waals surface area contributed by atoms with E-state index in [0.29, 0.717) is 25.7 Å². The van der Waals surface area contributed by atoms with E-state index in [1.807, 2.05) is 0 Å². The van der Waals surface area contributed by atoms with E-state index < -0.39 is 28.7 Å². The van der Waals surface area contributed by atoms with Crippen LogP contribution in [0.2, 0.25) is 0 Å². The number of aliphatic hydroxyl groups excluding tert-OH is 1. The molecule has 1 unspecified atom stereocenters. The molecule has 0 aromatic carbocycles. The first-order valence-corrected chi connectivity index (χ1v) is 6.29. The van der Waals surface area contributed by atoms with Crippen molar-refractivity contribution in [2.75, 3.05) is 6.61 Å². The monoisotopic (exact) mass is 279 g/mol. The molecular formula is C9H15F4O3S-. The van der Waals surface area contributed by atoms with E-state index in [-0.39, 0.29) is 13.0 Å². The summed E-state index contributed by atoms with van der Waals surface area (Å²) in [6.45, 7) is 0.00337. The summed E-state index contributed by atoms with van der Waals surface area (Å²) in [6.07, 6.45) is 0.682. The molecular weight excluding hydrogens is 264 g/mol. The summed E-state index contributed by atoms with van der Waals surface area (Å²) >= 11 is -4.12. The van der Waals surface area contributed by atoms with Crippen LogP contribution in [0.15, 0.2) is 0 Å². The maximum atomic E-state index is 12.8. The molecule has 0 radical (unpaired) electrons. The highest BCUT2D eigenvalue weighted by molar-refractivity contribution is 7.80. The minimum Gasteiger partial charge on any atom is -0.768 e. The average Bonchev–Trinajstić information content (AvgIpc) is 2.22. The second kappa shape index (κ2) is 7.27. The van der Waals surface area contributed by atoms with Gasteiger partial charge in [0.25, 0.3) is 0 Å². The van der Waals surface area contributed by atoms with Gasteiger partial charge in [-0.05, 0) is 12.8 Å². The number of alkyl halides is 4. The van der Waals surface area contributed by atoms with Crippen molar-refractivity contribution in [3.63, 3.8) is 0 Å². The lowest BCUT2D eigenvalue weighted by Gasteiger charge is -2.27. The normalized spacial score (nSPS) is 14.9. The molecule has 0 bridgehead atoms. The molecule has 0 saturated heterocycles. The second-order valence-corrected chi connectivity index (χ2v) is 4.68. The zero-order chi connectivity index (χ0) is 13.5. The summed E-state index contributed by atoms with van der Waals surface area (Å²) in [4.78, 5) is 0. The molecule has 0 aliphatic rings. The Hall–Kier alpha value is -0.210. The molecule has 3 nitrogen and oxygen atoms in total. The first kappa shape index (κ1) is 16.8. The van der Waals surface area contributed by atoms with Gasteiger partial charge in [0.2, 0.25) is 0 Å². The molecule has 0 heterocycles. The molecule has 0 saturated carbocycles. The van der Waals surface area contributed by atoms with Crippen molar-refractivity contribution in [3.8, 4) is 0 Å². The zero-order valence-corrected chi connectivity index (χ0v) is 9.95. The van der Waals surface area contributed by atoms with Crippen LogP contribution in [0.5, 0.6) is 0 Å². The molecule has 0 aliphatic carbocycles. The van der Waals surface area contributed by atoms with Crippen molar-refractivity contribution in [2.45, 2.75) is 49.7 Å².